The van der Waals surface area contributed by atoms with Gasteiger partial charge >= 0.3 is 13.1 Å². The highest BCUT2D eigenvalue weighted by molar-refractivity contribution is 6.40. The third-order valence-corrected chi connectivity index (χ3v) is 2.37. The molecule has 0 aromatic carbocycles. The van der Waals surface area contributed by atoms with Crippen LogP contribution in [0.15, 0.2) is 0 Å². The number of hydrogen-bond donors (Lipinski definition) is 5. The van der Waals surface area contributed by atoms with Crippen molar-refractivity contribution in [2.45, 2.75) is 31.6 Å². The van der Waals surface area contributed by atoms with Crippen molar-refractivity contribution in [1.82, 2.24) is 0 Å². The van der Waals surface area contributed by atoms with Crippen LogP contribution >= 0.6 is 0 Å². The van der Waals surface area contributed by atoms with Gasteiger partial charge in [0.05, 0.1) is 0 Å². The first-order valence-electron chi connectivity index (χ1n) is 5.03. The van der Waals surface area contributed by atoms with E-state index in [1.54, 1.807) is 0 Å². The van der Waals surface area contributed by atoms with E-state index in [4.69, 9.17) is 26.6 Å². The quantitative estimate of drug-likeness (QED) is 0.319. The lowest BCUT2D eigenvalue weighted by Crippen LogP contribution is -2.39. The van der Waals surface area contributed by atoms with Gasteiger partial charge in [0, 0.05) is 0 Å². The summed E-state index contributed by atoms with van der Waals surface area (Å²) in [4.78, 5) is 10.6. The first-order chi connectivity index (χ1) is 6.99. The molecule has 0 spiro atoms. The highest BCUT2D eigenvalue weighted by Crippen LogP contribution is 2.16. The zero-order chi connectivity index (χ0) is 11.8. The van der Waals surface area contributed by atoms with Crippen LogP contribution in [0.25, 0.3) is 0 Å². The second kappa shape index (κ2) is 7.64. The number of nitrogens with two attached hydrogens (primary N) is 2. The molecular formula is C8H19BN2O4. The molecule has 88 valence electrons. The van der Waals surface area contributed by atoms with Gasteiger partial charge < -0.3 is 26.6 Å². The SMILES string of the molecule is NCC[C@@H](CCCB(O)O)[C@H](N)C(=O)O. The summed E-state index contributed by atoms with van der Waals surface area (Å²) < 4.78 is 0. The van der Waals surface area contributed by atoms with Crippen molar-refractivity contribution < 1.29 is 19.9 Å². The van der Waals surface area contributed by atoms with Gasteiger partial charge in [0.15, 0.2) is 0 Å². The Morgan fingerprint density at radius 2 is 1.93 bits per heavy atom. The van der Waals surface area contributed by atoms with Gasteiger partial charge in [-0.1, -0.05) is 6.42 Å². The fourth-order valence-electron chi connectivity index (χ4n) is 1.48. The summed E-state index contributed by atoms with van der Waals surface area (Å²) in [7, 11) is -1.34. The van der Waals surface area contributed by atoms with Crippen LogP contribution in [0.1, 0.15) is 19.3 Å². The molecule has 0 radical (unpaired) electrons. The Kier molecular flexibility index (Phi) is 7.32. The minimum absolute atomic E-state index is 0.203. The van der Waals surface area contributed by atoms with E-state index >= 15 is 0 Å². The van der Waals surface area contributed by atoms with Crippen LogP contribution in [0.3, 0.4) is 0 Å². The van der Waals surface area contributed by atoms with Crippen LogP contribution in [0.5, 0.6) is 0 Å². The third-order valence-electron chi connectivity index (χ3n) is 2.37. The predicted octanol–water partition coefficient (Wildman–Crippen LogP) is -1.38. The molecule has 0 fully saturated rings. The lowest BCUT2D eigenvalue weighted by Gasteiger charge is -2.19. The van der Waals surface area contributed by atoms with E-state index in [0.29, 0.717) is 25.8 Å². The largest absolute Gasteiger partial charge is 0.480 e. The summed E-state index contributed by atoms with van der Waals surface area (Å²) in [6, 6.07) is -0.926. The van der Waals surface area contributed by atoms with E-state index < -0.39 is 19.1 Å². The topological polar surface area (TPSA) is 130 Å². The molecule has 0 rings (SSSR count). The molecule has 0 aromatic rings. The van der Waals surface area contributed by atoms with Gasteiger partial charge in [0.1, 0.15) is 6.04 Å². The maximum Gasteiger partial charge on any atom is 0.451 e. The van der Waals surface area contributed by atoms with Crippen LogP contribution < -0.4 is 11.5 Å². The van der Waals surface area contributed by atoms with Gasteiger partial charge in [-0.25, -0.2) is 0 Å². The van der Waals surface area contributed by atoms with Gasteiger partial charge in [-0.2, -0.15) is 0 Å². The second-order valence-electron chi connectivity index (χ2n) is 3.61. The Balaban J connectivity index is 3.98. The lowest BCUT2D eigenvalue weighted by molar-refractivity contribution is -0.140. The number of hydrogen-bond acceptors (Lipinski definition) is 5. The van der Waals surface area contributed by atoms with E-state index in [9.17, 15) is 4.79 Å². The summed E-state index contributed by atoms with van der Waals surface area (Å²) in [5.74, 6) is -1.25. The summed E-state index contributed by atoms with van der Waals surface area (Å²) >= 11 is 0. The summed E-state index contributed by atoms with van der Waals surface area (Å²) in [5, 5.41) is 26.0. The Hall–Kier alpha value is -0.625. The molecule has 7 N–H and O–H groups in total. The Labute approximate surface area is 89.4 Å². The van der Waals surface area contributed by atoms with Crippen LogP contribution in [-0.2, 0) is 4.79 Å². The molecule has 0 aromatic heterocycles. The van der Waals surface area contributed by atoms with Crippen molar-refractivity contribution >= 4 is 13.1 Å². The molecule has 2 atom stereocenters. The first-order valence-corrected chi connectivity index (χ1v) is 5.03. The van der Waals surface area contributed by atoms with Crippen molar-refractivity contribution in [1.29, 1.82) is 0 Å². The predicted molar refractivity (Wildman–Crippen MR) is 57.0 cm³/mol. The third kappa shape index (κ3) is 6.45. The summed E-state index contributed by atoms with van der Waals surface area (Å²) in [5.41, 5.74) is 10.8. The van der Waals surface area contributed by atoms with Crippen molar-refractivity contribution in [3.05, 3.63) is 0 Å². The molecule has 15 heavy (non-hydrogen) atoms. The smallest absolute Gasteiger partial charge is 0.451 e. The number of carboxylic acids is 1. The normalized spacial score (nSPS) is 14.7. The molecule has 0 unspecified atom stereocenters. The standard InChI is InChI=1S/C8H19BN2O4/c10-5-3-6(7(11)8(12)13)2-1-4-9(14)15/h6-7,14-15H,1-5,10-11H2,(H,12,13)/t6-,7+/m1/s1. The van der Waals surface area contributed by atoms with Gasteiger partial charge in [-0.15, -0.1) is 0 Å². The van der Waals surface area contributed by atoms with Crippen LogP contribution in [-0.4, -0.2) is 40.8 Å². The molecule has 0 aliphatic rings. The van der Waals surface area contributed by atoms with E-state index in [-0.39, 0.29) is 12.2 Å². The number of carbonyl (C=O) groups is 1. The van der Waals surface area contributed by atoms with E-state index in [1.165, 1.54) is 0 Å². The maximum absolute atomic E-state index is 10.6. The minimum Gasteiger partial charge on any atom is -0.480 e. The average Bonchev–Trinajstić information content (AvgIpc) is 2.14. The van der Waals surface area contributed by atoms with Gasteiger partial charge in [-0.05, 0) is 31.6 Å². The van der Waals surface area contributed by atoms with Gasteiger partial charge in [-0.3, -0.25) is 4.79 Å². The molecule has 0 aliphatic heterocycles. The molecule has 6 nitrogen and oxygen atoms in total. The van der Waals surface area contributed by atoms with Crippen LogP contribution in [0.2, 0.25) is 6.32 Å². The van der Waals surface area contributed by atoms with Crippen LogP contribution in [0, 0.1) is 5.92 Å². The Morgan fingerprint density at radius 1 is 1.33 bits per heavy atom. The lowest BCUT2D eigenvalue weighted by atomic mass is 9.80. The average molecular weight is 218 g/mol. The van der Waals surface area contributed by atoms with Crippen molar-refractivity contribution in [3.8, 4) is 0 Å². The number of aliphatic carboxylic acids is 1. The molecule has 0 bridgehead atoms. The molecule has 0 heterocycles. The van der Waals surface area contributed by atoms with Crippen LogP contribution in [0.4, 0.5) is 0 Å². The summed E-state index contributed by atoms with van der Waals surface area (Å²) in [6.45, 7) is 0.382. The fourth-order valence-corrected chi connectivity index (χ4v) is 1.48. The van der Waals surface area contributed by atoms with E-state index in [0.717, 1.165) is 0 Å². The van der Waals surface area contributed by atoms with E-state index in [2.05, 4.69) is 0 Å². The van der Waals surface area contributed by atoms with Gasteiger partial charge in [0.25, 0.3) is 0 Å². The van der Waals surface area contributed by atoms with Crippen molar-refractivity contribution in [3.63, 3.8) is 0 Å². The second-order valence-corrected chi connectivity index (χ2v) is 3.61. The molecule has 0 aliphatic carbocycles. The molecule has 7 heteroatoms. The summed E-state index contributed by atoms with van der Waals surface area (Å²) in [6.07, 6.45) is 1.84. The number of rotatable bonds is 8. The zero-order valence-corrected chi connectivity index (χ0v) is 8.67. The highest BCUT2D eigenvalue weighted by Gasteiger charge is 2.23. The molecule has 0 amide bonds. The Bertz CT molecular complexity index is 191. The minimum atomic E-state index is -1.34. The number of carboxylic acid groups (broad SMARTS) is 1. The van der Waals surface area contributed by atoms with E-state index in [1.807, 2.05) is 0 Å². The monoisotopic (exact) mass is 218 g/mol. The molecule has 0 saturated carbocycles. The van der Waals surface area contributed by atoms with Crippen molar-refractivity contribution in [2.75, 3.05) is 6.54 Å². The zero-order valence-electron chi connectivity index (χ0n) is 8.67. The maximum atomic E-state index is 10.6. The fraction of sp³-hybridized carbons (Fsp3) is 0.875. The molecule has 0 saturated heterocycles. The van der Waals surface area contributed by atoms with Gasteiger partial charge in [0.2, 0.25) is 0 Å². The Morgan fingerprint density at radius 3 is 2.33 bits per heavy atom. The van der Waals surface area contributed by atoms with Crippen molar-refractivity contribution in [2.24, 2.45) is 17.4 Å². The highest BCUT2D eigenvalue weighted by atomic mass is 16.4. The first kappa shape index (κ1) is 14.4. The molecular weight excluding hydrogens is 199 g/mol.